The molecule has 0 bridgehead atoms. The second kappa shape index (κ2) is 5.00. The number of fused-ring (bicyclic) bond motifs is 1. The number of rotatable bonds is 2. The lowest BCUT2D eigenvalue weighted by atomic mass is 10.1. The first-order chi connectivity index (χ1) is 9.13. The molecule has 3 aromatic rings. The second-order valence-electron chi connectivity index (χ2n) is 4.08. The molecular weight excluding hydrogens is 305 g/mol. The van der Waals surface area contributed by atoms with Gasteiger partial charge in [-0.15, -0.1) is 0 Å². The van der Waals surface area contributed by atoms with Crippen LogP contribution in [0.2, 0.25) is 15.2 Å². The highest BCUT2D eigenvalue weighted by Crippen LogP contribution is 2.24. The highest BCUT2D eigenvalue weighted by atomic mass is 35.5. The summed E-state index contributed by atoms with van der Waals surface area (Å²) in [5.74, 6) is 0.772. The molecule has 6 heteroatoms. The van der Waals surface area contributed by atoms with Crippen LogP contribution in [0.1, 0.15) is 11.4 Å². The van der Waals surface area contributed by atoms with Crippen molar-refractivity contribution in [2.45, 2.75) is 6.42 Å². The third-order valence-corrected chi connectivity index (χ3v) is 3.79. The molecule has 19 heavy (non-hydrogen) atoms. The summed E-state index contributed by atoms with van der Waals surface area (Å²) in [6, 6.07) is 9.37. The van der Waals surface area contributed by atoms with Gasteiger partial charge in [0.15, 0.2) is 5.65 Å². The zero-order valence-corrected chi connectivity index (χ0v) is 11.9. The van der Waals surface area contributed by atoms with Gasteiger partial charge in [-0.3, -0.25) is 0 Å². The van der Waals surface area contributed by atoms with Crippen LogP contribution in [-0.2, 0) is 6.42 Å². The SMILES string of the molecule is Clc1ccccc1Cc1nc2nc(Cl)c(Cl)cc2[nH]1. The third-order valence-electron chi connectivity index (χ3n) is 2.75. The summed E-state index contributed by atoms with van der Waals surface area (Å²) in [5.41, 5.74) is 2.31. The Kier molecular flexibility index (Phi) is 3.35. The molecule has 2 heterocycles. The number of hydrogen-bond acceptors (Lipinski definition) is 2. The van der Waals surface area contributed by atoms with E-state index in [0.29, 0.717) is 22.1 Å². The Morgan fingerprint density at radius 2 is 1.79 bits per heavy atom. The fourth-order valence-electron chi connectivity index (χ4n) is 1.85. The molecule has 2 aromatic heterocycles. The van der Waals surface area contributed by atoms with Crippen molar-refractivity contribution in [2.24, 2.45) is 0 Å². The average Bonchev–Trinajstić information content (AvgIpc) is 2.74. The van der Waals surface area contributed by atoms with Crippen LogP contribution in [-0.4, -0.2) is 15.0 Å². The van der Waals surface area contributed by atoms with Crippen molar-refractivity contribution in [1.29, 1.82) is 0 Å². The maximum atomic E-state index is 6.12. The lowest BCUT2D eigenvalue weighted by molar-refractivity contribution is 1.03. The molecule has 0 fully saturated rings. The van der Waals surface area contributed by atoms with Gasteiger partial charge in [0.25, 0.3) is 0 Å². The number of nitrogens with zero attached hydrogens (tertiary/aromatic N) is 2. The Morgan fingerprint density at radius 3 is 2.58 bits per heavy atom. The minimum atomic E-state index is 0.255. The van der Waals surface area contributed by atoms with Crippen molar-refractivity contribution in [2.75, 3.05) is 0 Å². The molecule has 0 aliphatic rings. The fourth-order valence-corrected chi connectivity index (χ4v) is 2.34. The van der Waals surface area contributed by atoms with Gasteiger partial charge in [0.2, 0.25) is 0 Å². The van der Waals surface area contributed by atoms with Crippen LogP contribution >= 0.6 is 34.8 Å². The molecule has 0 atom stereocenters. The molecule has 1 aromatic carbocycles. The number of aromatic nitrogens is 3. The summed E-state index contributed by atoms with van der Waals surface area (Å²) in [5, 5.41) is 1.37. The standard InChI is InChI=1S/C13H8Cl3N3/c14-8-4-2-1-3-7(8)5-11-17-10-6-9(15)12(16)19-13(10)18-11/h1-4,6H,5H2,(H,17,18,19). The molecular formula is C13H8Cl3N3. The Bertz CT molecular complexity index is 713. The summed E-state index contributed by atoms with van der Waals surface area (Å²) in [4.78, 5) is 11.7. The smallest absolute Gasteiger partial charge is 0.179 e. The van der Waals surface area contributed by atoms with E-state index in [1.807, 2.05) is 24.3 Å². The van der Waals surface area contributed by atoms with Gasteiger partial charge in [-0.05, 0) is 17.7 Å². The first kappa shape index (κ1) is 12.7. The molecule has 0 aliphatic carbocycles. The summed E-state index contributed by atoms with van der Waals surface area (Å²) >= 11 is 17.9. The lowest BCUT2D eigenvalue weighted by Crippen LogP contribution is -1.91. The minimum absolute atomic E-state index is 0.255. The van der Waals surface area contributed by atoms with Gasteiger partial charge in [0, 0.05) is 11.4 Å². The van der Waals surface area contributed by atoms with Crippen molar-refractivity contribution in [3.63, 3.8) is 0 Å². The highest BCUT2D eigenvalue weighted by Gasteiger charge is 2.09. The average molecular weight is 313 g/mol. The van der Waals surface area contributed by atoms with E-state index >= 15 is 0 Å². The maximum Gasteiger partial charge on any atom is 0.179 e. The van der Waals surface area contributed by atoms with E-state index in [-0.39, 0.29) is 5.15 Å². The van der Waals surface area contributed by atoms with Crippen molar-refractivity contribution >= 4 is 46.0 Å². The molecule has 3 rings (SSSR count). The Labute approximate surface area is 124 Å². The normalized spacial score (nSPS) is 11.1. The number of benzene rings is 1. The molecule has 0 saturated carbocycles. The van der Waals surface area contributed by atoms with Gasteiger partial charge < -0.3 is 4.98 Å². The molecule has 0 saturated heterocycles. The number of halogens is 3. The lowest BCUT2D eigenvalue weighted by Gasteiger charge is -2.00. The second-order valence-corrected chi connectivity index (χ2v) is 5.26. The molecule has 96 valence electrons. The fraction of sp³-hybridized carbons (Fsp3) is 0.0769. The highest BCUT2D eigenvalue weighted by molar-refractivity contribution is 6.41. The number of imidazole rings is 1. The van der Waals surface area contributed by atoms with Crippen molar-refractivity contribution < 1.29 is 0 Å². The summed E-state index contributed by atoms with van der Waals surface area (Å²) in [6.07, 6.45) is 0.602. The predicted octanol–water partition coefficient (Wildman–Crippen LogP) is 4.51. The van der Waals surface area contributed by atoms with E-state index in [0.717, 1.165) is 16.9 Å². The Morgan fingerprint density at radius 1 is 1.00 bits per heavy atom. The van der Waals surface area contributed by atoms with Gasteiger partial charge in [-0.2, -0.15) is 0 Å². The van der Waals surface area contributed by atoms with Crippen molar-refractivity contribution in [3.05, 3.63) is 56.9 Å². The minimum Gasteiger partial charge on any atom is -0.340 e. The zero-order valence-electron chi connectivity index (χ0n) is 9.62. The summed E-state index contributed by atoms with van der Waals surface area (Å²) in [7, 11) is 0. The molecule has 0 aliphatic heterocycles. The van der Waals surface area contributed by atoms with Crippen LogP contribution in [0.15, 0.2) is 30.3 Å². The van der Waals surface area contributed by atoms with Gasteiger partial charge in [-0.25, -0.2) is 9.97 Å². The van der Waals surface area contributed by atoms with Gasteiger partial charge in [-0.1, -0.05) is 53.0 Å². The summed E-state index contributed by atoms with van der Waals surface area (Å²) < 4.78 is 0. The van der Waals surface area contributed by atoms with Crippen LogP contribution in [0.5, 0.6) is 0 Å². The van der Waals surface area contributed by atoms with Gasteiger partial charge >= 0.3 is 0 Å². The predicted molar refractivity (Wildman–Crippen MR) is 78.2 cm³/mol. The Hall–Kier alpha value is -1.29. The van der Waals surface area contributed by atoms with E-state index in [1.165, 1.54) is 0 Å². The topological polar surface area (TPSA) is 41.6 Å². The van der Waals surface area contributed by atoms with Crippen LogP contribution in [0.25, 0.3) is 11.2 Å². The molecule has 0 amide bonds. The Balaban J connectivity index is 2.00. The van der Waals surface area contributed by atoms with Crippen molar-refractivity contribution in [3.8, 4) is 0 Å². The molecule has 1 N–H and O–H groups in total. The van der Waals surface area contributed by atoms with Gasteiger partial charge in [0.05, 0.1) is 10.5 Å². The third kappa shape index (κ3) is 2.54. The van der Waals surface area contributed by atoms with Gasteiger partial charge in [0.1, 0.15) is 11.0 Å². The van der Waals surface area contributed by atoms with Crippen LogP contribution in [0.3, 0.4) is 0 Å². The van der Waals surface area contributed by atoms with E-state index in [4.69, 9.17) is 34.8 Å². The number of aromatic amines is 1. The number of H-pyrrole nitrogens is 1. The first-order valence-electron chi connectivity index (χ1n) is 5.57. The first-order valence-corrected chi connectivity index (χ1v) is 6.71. The molecule has 0 spiro atoms. The van der Waals surface area contributed by atoms with Crippen LogP contribution in [0, 0.1) is 0 Å². The molecule has 3 nitrogen and oxygen atoms in total. The molecule has 0 radical (unpaired) electrons. The van der Waals surface area contributed by atoms with Crippen LogP contribution < -0.4 is 0 Å². The van der Waals surface area contributed by atoms with E-state index in [1.54, 1.807) is 6.07 Å². The molecule has 0 unspecified atom stereocenters. The summed E-state index contributed by atoms with van der Waals surface area (Å²) in [6.45, 7) is 0. The zero-order chi connectivity index (χ0) is 13.4. The quantitative estimate of drug-likeness (QED) is 0.707. The maximum absolute atomic E-state index is 6.12. The van der Waals surface area contributed by atoms with Crippen molar-refractivity contribution in [1.82, 2.24) is 15.0 Å². The number of pyridine rings is 1. The number of nitrogens with one attached hydrogen (secondary N) is 1. The van der Waals surface area contributed by atoms with E-state index in [2.05, 4.69) is 15.0 Å². The number of hydrogen-bond donors (Lipinski definition) is 1. The largest absolute Gasteiger partial charge is 0.340 e. The monoisotopic (exact) mass is 311 g/mol. The van der Waals surface area contributed by atoms with E-state index < -0.39 is 0 Å². The van der Waals surface area contributed by atoms with Crippen LogP contribution in [0.4, 0.5) is 0 Å². The van der Waals surface area contributed by atoms with E-state index in [9.17, 15) is 0 Å².